The molecule has 0 radical (unpaired) electrons. The summed E-state index contributed by atoms with van der Waals surface area (Å²) < 4.78 is 26.1. The summed E-state index contributed by atoms with van der Waals surface area (Å²) in [6, 6.07) is 10.2. The molecule has 0 unspecified atom stereocenters. The average molecular weight is 413 g/mol. The number of amides is 1. The van der Waals surface area contributed by atoms with Crippen molar-refractivity contribution in [1.29, 1.82) is 0 Å². The molecule has 1 N–H and O–H groups in total. The monoisotopic (exact) mass is 413 g/mol. The molecule has 0 aromatic heterocycles. The van der Waals surface area contributed by atoms with Crippen molar-refractivity contribution in [3.8, 4) is 23.0 Å². The van der Waals surface area contributed by atoms with Gasteiger partial charge in [-0.25, -0.2) is 4.79 Å². The highest BCUT2D eigenvalue weighted by molar-refractivity contribution is 5.89. The van der Waals surface area contributed by atoms with Gasteiger partial charge < -0.3 is 29.0 Å². The normalized spacial score (nSPS) is 13.0. The van der Waals surface area contributed by atoms with Crippen molar-refractivity contribution in [2.24, 2.45) is 0 Å². The first kappa shape index (κ1) is 21.0. The van der Waals surface area contributed by atoms with Gasteiger partial charge in [0.05, 0.1) is 20.3 Å². The van der Waals surface area contributed by atoms with E-state index in [1.54, 1.807) is 63.6 Å². The fourth-order valence-corrected chi connectivity index (χ4v) is 2.90. The number of carbonyl (C=O) groups is 2. The summed E-state index contributed by atoms with van der Waals surface area (Å²) in [7, 11) is 3.11. The number of fused-ring (bicyclic) bond motifs is 1. The number of methoxy groups -OCH3 is 2. The second kappa shape index (κ2) is 9.69. The third-order valence-electron chi connectivity index (χ3n) is 4.43. The van der Waals surface area contributed by atoms with Gasteiger partial charge in [-0.05, 0) is 48.9 Å². The lowest BCUT2D eigenvalue weighted by molar-refractivity contribution is -0.144. The summed E-state index contributed by atoms with van der Waals surface area (Å²) >= 11 is 0. The SMILES string of the molecule is COc1ccc(OC)c([C@@H](C)NC(=O)COC(=O)/C=C/c2ccc3c(c2)OCO3)c1. The molecule has 3 rings (SSSR count). The van der Waals surface area contributed by atoms with E-state index in [9.17, 15) is 9.59 Å². The van der Waals surface area contributed by atoms with E-state index in [2.05, 4.69) is 5.32 Å². The Bertz CT molecular complexity index is 954. The predicted octanol–water partition coefficient (Wildman–Crippen LogP) is 2.87. The molecule has 1 heterocycles. The van der Waals surface area contributed by atoms with E-state index in [4.69, 9.17) is 23.7 Å². The molecule has 0 saturated carbocycles. The highest BCUT2D eigenvalue weighted by atomic mass is 16.7. The minimum absolute atomic E-state index is 0.180. The molecule has 0 spiro atoms. The van der Waals surface area contributed by atoms with Crippen LogP contribution in [0.3, 0.4) is 0 Å². The first-order valence-electron chi connectivity index (χ1n) is 9.26. The van der Waals surface area contributed by atoms with Crippen LogP contribution in [0.2, 0.25) is 0 Å². The molecule has 2 aromatic carbocycles. The zero-order valence-electron chi connectivity index (χ0n) is 17.0. The molecular formula is C22H23NO7. The Balaban J connectivity index is 1.51. The number of hydrogen-bond donors (Lipinski definition) is 1. The topological polar surface area (TPSA) is 92.3 Å². The van der Waals surface area contributed by atoms with Gasteiger partial charge in [0.2, 0.25) is 6.79 Å². The lowest BCUT2D eigenvalue weighted by Crippen LogP contribution is -2.31. The van der Waals surface area contributed by atoms with Gasteiger partial charge in [-0.2, -0.15) is 0 Å². The smallest absolute Gasteiger partial charge is 0.331 e. The maximum absolute atomic E-state index is 12.2. The highest BCUT2D eigenvalue weighted by Gasteiger charge is 2.16. The van der Waals surface area contributed by atoms with Gasteiger partial charge >= 0.3 is 5.97 Å². The molecule has 30 heavy (non-hydrogen) atoms. The van der Waals surface area contributed by atoms with E-state index in [0.717, 1.165) is 11.1 Å². The molecule has 158 valence electrons. The summed E-state index contributed by atoms with van der Waals surface area (Å²) in [5.41, 5.74) is 1.50. The second-order valence-corrected chi connectivity index (χ2v) is 6.45. The van der Waals surface area contributed by atoms with E-state index < -0.39 is 18.5 Å². The van der Waals surface area contributed by atoms with Crippen molar-refractivity contribution in [3.63, 3.8) is 0 Å². The Morgan fingerprint density at radius 3 is 2.67 bits per heavy atom. The number of ether oxygens (including phenoxy) is 5. The van der Waals surface area contributed by atoms with Crippen LogP contribution in [0, 0.1) is 0 Å². The molecule has 0 fully saturated rings. The van der Waals surface area contributed by atoms with Gasteiger partial charge in [-0.15, -0.1) is 0 Å². The number of carbonyl (C=O) groups excluding carboxylic acids is 2. The van der Waals surface area contributed by atoms with E-state index >= 15 is 0 Å². The van der Waals surface area contributed by atoms with E-state index in [-0.39, 0.29) is 12.8 Å². The third kappa shape index (κ3) is 5.22. The Morgan fingerprint density at radius 2 is 1.90 bits per heavy atom. The Kier molecular flexibility index (Phi) is 6.79. The average Bonchev–Trinajstić information content (AvgIpc) is 3.23. The first-order valence-corrected chi connectivity index (χ1v) is 9.26. The number of nitrogens with one attached hydrogen (secondary N) is 1. The van der Waals surface area contributed by atoms with Crippen LogP contribution in [-0.2, 0) is 14.3 Å². The minimum Gasteiger partial charge on any atom is -0.497 e. The Labute approximate surface area is 174 Å². The van der Waals surface area contributed by atoms with Crippen LogP contribution in [0.25, 0.3) is 6.08 Å². The predicted molar refractivity (Wildman–Crippen MR) is 109 cm³/mol. The van der Waals surface area contributed by atoms with Crippen LogP contribution in [0.4, 0.5) is 0 Å². The number of esters is 1. The first-order chi connectivity index (χ1) is 14.5. The van der Waals surface area contributed by atoms with E-state index in [0.29, 0.717) is 23.0 Å². The van der Waals surface area contributed by atoms with E-state index in [1.165, 1.54) is 6.08 Å². The molecule has 1 aliphatic rings. The van der Waals surface area contributed by atoms with Crippen LogP contribution in [-0.4, -0.2) is 39.5 Å². The minimum atomic E-state index is -0.630. The van der Waals surface area contributed by atoms with Gasteiger partial charge in [0, 0.05) is 11.6 Å². The molecule has 1 atom stereocenters. The van der Waals surface area contributed by atoms with Crippen LogP contribution in [0.5, 0.6) is 23.0 Å². The van der Waals surface area contributed by atoms with Crippen molar-refractivity contribution in [2.45, 2.75) is 13.0 Å². The fourth-order valence-electron chi connectivity index (χ4n) is 2.90. The summed E-state index contributed by atoms with van der Waals surface area (Å²) in [5.74, 6) is 1.48. The largest absolute Gasteiger partial charge is 0.497 e. The number of rotatable bonds is 8. The maximum atomic E-state index is 12.2. The van der Waals surface area contributed by atoms with Gasteiger partial charge in [0.25, 0.3) is 5.91 Å². The van der Waals surface area contributed by atoms with E-state index in [1.807, 2.05) is 0 Å². The van der Waals surface area contributed by atoms with Crippen molar-refractivity contribution >= 4 is 18.0 Å². The summed E-state index contributed by atoms with van der Waals surface area (Å²) in [6.45, 7) is 1.58. The number of benzene rings is 2. The molecule has 0 bridgehead atoms. The highest BCUT2D eigenvalue weighted by Crippen LogP contribution is 2.33. The standard InChI is InChI=1S/C22H23NO7/c1-14(17-11-16(26-2)6-8-18(17)27-3)23-21(24)12-28-22(25)9-5-15-4-7-19-20(10-15)30-13-29-19/h4-11,14H,12-13H2,1-3H3,(H,23,24)/b9-5+/t14-/m1/s1. The summed E-state index contributed by atoms with van der Waals surface area (Å²) in [4.78, 5) is 24.1. The molecule has 2 aromatic rings. The summed E-state index contributed by atoms with van der Waals surface area (Å²) in [5, 5.41) is 2.77. The zero-order chi connectivity index (χ0) is 21.5. The molecule has 8 heteroatoms. The van der Waals surface area contributed by atoms with Gasteiger partial charge in [0.15, 0.2) is 18.1 Å². The maximum Gasteiger partial charge on any atom is 0.331 e. The van der Waals surface area contributed by atoms with Crippen molar-refractivity contribution in [3.05, 3.63) is 53.6 Å². The zero-order valence-corrected chi connectivity index (χ0v) is 17.0. The fraction of sp³-hybridized carbons (Fsp3) is 0.273. The lowest BCUT2D eigenvalue weighted by atomic mass is 10.1. The van der Waals surface area contributed by atoms with Gasteiger partial charge in [0.1, 0.15) is 11.5 Å². The lowest BCUT2D eigenvalue weighted by Gasteiger charge is -2.18. The summed E-state index contributed by atoms with van der Waals surface area (Å²) in [6.07, 6.45) is 2.82. The van der Waals surface area contributed by atoms with Gasteiger partial charge in [-0.3, -0.25) is 4.79 Å². The molecule has 1 amide bonds. The number of hydrogen-bond acceptors (Lipinski definition) is 7. The van der Waals surface area contributed by atoms with Crippen LogP contribution in [0.1, 0.15) is 24.1 Å². The molecule has 0 saturated heterocycles. The quantitative estimate of drug-likeness (QED) is 0.525. The molecule has 1 aliphatic heterocycles. The molecular weight excluding hydrogens is 390 g/mol. The third-order valence-corrected chi connectivity index (χ3v) is 4.43. The van der Waals surface area contributed by atoms with Crippen LogP contribution < -0.4 is 24.3 Å². The van der Waals surface area contributed by atoms with Crippen molar-refractivity contribution in [1.82, 2.24) is 5.32 Å². The van der Waals surface area contributed by atoms with Crippen molar-refractivity contribution < 1.29 is 33.3 Å². The molecule has 0 aliphatic carbocycles. The van der Waals surface area contributed by atoms with Crippen LogP contribution in [0.15, 0.2) is 42.5 Å². The van der Waals surface area contributed by atoms with Gasteiger partial charge in [-0.1, -0.05) is 6.07 Å². The van der Waals surface area contributed by atoms with Crippen molar-refractivity contribution in [2.75, 3.05) is 27.6 Å². The Morgan fingerprint density at radius 1 is 1.10 bits per heavy atom. The Hall–Kier alpha value is -3.68. The second-order valence-electron chi connectivity index (χ2n) is 6.45. The molecule has 8 nitrogen and oxygen atoms in total. The van der Waals surface area contributed by atoms with Crippen LogP contribution >= 0.6 is 0 Å².